The third-order valence-corrected chi connectivity index (χ3v) is 2.18. The number of nitrogens with zero attached hydrogens (tertiary/aromatic N) is 2. The monoisotopic (exact) mass is 269 g/mol. The van der Waals surface area contributed by atoms with Crippen LogP contribution in [0.15, 0.2) is 12.5 Å². The molecule has 7 heteroatoms. The highest BCUT2D eigenvalue weighted by Gasteiger charge is 2.12. The van der Waals surface area contributed by atoms with Gasteiger partial charge in [-0.1, -0.05) is 0 Å². The number of amides is 1. The minimum atomic E-state index is -1.07. The van der Waals surface area contributed by atoms with E-state index in [-0.39, 0.29) is 23.8 Å². The van der Waals surface area contributed by atoms with E-state index in [1.54, 1.807) is 4.57 Å². The second kappa shape index (κ2) is 6.33. The summed E-state index contributed by atoms with van der Waals surface area (Å²) < 4.78 is 6.93. The Morgan fingerprint density at radius 2 is 2.16 bits per heavy atom. The number of carboxylic acid groups (broad SMARTS) is 1. The SMILES string of the molecule is CC(C)(C)OCC(=O)NCCn1cnc(C(=O)O)c1. The molecular weight excluding hydrogens is 250 g/mol. The average Bonchev–Trinajstić information content (AvgIpc) is 2.74. The Hall–Kier alpha value is -1.89. The van der Waals surface area contributed by atoms with Crippen molar-refractivity contribution >= 4 is 11.9 Å². The predicted octanol–water partition coefficient (Wildman–Crippen LogP) is 0.513. The normalized spacial score (nSPS) is 11.3. The minimum absolute atomic E-state index is 0.00774. The molecule has 0 aromatic carbocycles. The van der Waals surface area contributed by atoms with Crippen molar-refractivity contribution in [3.8, 4) is 0 Å². The van der Waals surface area contributed by atoms with Gasteiger partial charge in [0.05, 0.1) is 11.9 Å². The zero-order valence-corrected chi connectivity index (χ0v) is 11.3. The number of nitrogens with one attached hydrogen (secondary N) is 1. The summed E-state index contributed by atoms with van der Waals surface area (Å²) in [5, 5.41) is 11.4. The molecule has 0 aliphatic rings. The zero-order valence-electron chi connectivity index (χ0n) is 11.3. The van der Waals surface area contributed by atoms with E-state index in [0.717, 1.165) is 0 Å². The quantitative estimate of drug-likeness (QED) is 0.785. The van der Waals surface area contributed by atoms with Gasteiger partial charge in [-0.2, -0.15) is 0 Å². The van der Waals surface area contributed by atoms with Gasteiger partial charge >= 0.3 is 5.97 Å². The van der Waals surface area contributed by atoms with Crippen molar-refractivity contribution in [2.24, 2.45) is 0 Å². The van der Waals surface area contributed by atoms with Gasteiger partial charge in [0.15, 0.2) is 5.69 Å². The van der Waals surface area contributed by atoms with Gasteiger partial charge in [0.25, 0.3) is 0 Å². The lowest BCUT2D eigenvalue weighted by Crippen LogP contribution is -2.33. The van der Waals surface area contributed by atoms with Crippen molar-refractivity contribution < 1.29 is 19.4 Å². The maximum atomic E-state index is 11.4. The second-order valence-electron chi connectivity index (χ2n) is 5.05. The first-order chi connectivity index (χ1) is 8.78. The molecule has 0 saturated carbocycles. The number of carbonyl (C=O) groups excluding carboxylic acids is 1. The Kier molecular flexibility index (Phi) is 5.05. The number of aromatic carboxylic acids is 1. The second-order valence-corrected chi connectivity index (χ2v) is 5.05. The molecule has 0 aliphatic heterocycles. The van der Waals surface area contributed by atoms with Crippen LogP contribution in [0, 0.1) is 0 Å². The summed E-state index contributed by atoms with van der Waals surface area (Å²) in [7, 11) is 0. The summed E-state index contributed by atoms with van der Waals surface area (Å²) in [5.74, 6) is -1.27. The third kappa shape index (κ3) is 6.01. The van der Waals surface area contributed by atoms with Crippen molar-refractivity contribution in [3.63, 3.8) is 0 Å². The van der Waals surface area contributed by atoms with Crippen molar-refractivity contribution in [1.82, 2.24) is 14.9 Å². The van der Waals surface area contributed by atoms with Crippen LogP contribution in [0.3, 0.4) is 0 Å². The molecule has 0 spiro atoms. The van der Waals surface area contributed by atoms with Crippen LogP contribution in [0.2, 0.25) is 0 Å². The first-order valence-electron chi connectivity index (χ1n) is 5.93. The van der Waals surface area contributed by atoms with Crippen molar-refractivity contribution in [2.45, 2.75) is 32.9 Å². The standard InChI is InChI=1S/C12H19N3O4/c1-12(2,3)19-7-10(16)13-4-5-15-6-9(11(17)18)14-8-15/h6,8H,4-5,7H2,1-3H3,(H,13,16)(H,17,18). The lowest BCUT2D eigenvalue weighted by Gasteiger charge is -2.18. The molecule has 1 heterocycles. The van der Waals surface area contributed by atoms with Crippen LogP contribution in [0.5, 0.6) is 0 Å². The van der Waals surface area contributed by atoms with Crippen LogP contribution >= 0.6 is 0 Å². The molecule has 0 radical (unpaired) electrons. The van der Waals surface area contributed by atoms with Crippen LogP contribution in [-0.4, -0.2) is 45.3 Å². The molecule has 1 aromatic rings. The van der Waals surface area contributed by atoms with E-state index in [4.69, 9.17) is 9.84 Å². The van der Waals surface area contributed by atoms with Crippen molar-refractivity contribution in [2.75, 3.05) is 13.2 Å². The molecule has 2 N–H and O–H groups in total. The number of imidazole rings is 1. The maximum absolute atomic E-state index is 11.4. The van der Waals surface area contributed by atoms with E-state index in [1.807, 2.05) is 20.8 Å². The first-order valence-corrected chi connectivity index (χ1v) is 5.93. The molecule has 0 saturated heterocycles. The Morgan fingerprint density at radius 3 is 2.68 bits per heavy atom. The summed E-state index contributed by atoms with van der Waals surface area (Å²) in [6.07, 6.45) is 2.83. The average molecular weight is 269 g/mol. The van der Waals surface area contributed by atoms with Gasteiger partial charge in [0, 0.05) is 19.3 Å². The Bertz CT molecular complexity index is 448. The van der Waals surface area contributed by atoms with E-state index in [0.29, 0.717) is 13.1 Å². The summed E-state index contributed by atoms with van der Waals surface area (Å²) >= 11 is 0. The van der Waals surface area contributed by atoms with Crippen LogP contribution in [0.1, 0.15) is 31.3 Å². The smallest absolute Gasteiger partial charge is 0.356 e. The lowest BCUT2D eigenvalue weighted by molar-refractivity contribution is -0.130. The molecule has 1 aromatic heterocycles. The Labute approximate surface area is 111 Å². The van der Waals surface area contributed by atoms with E-state index in [2.05, 4.69) is 10.3 Å². The largest absolute Gasteiger partial charge is 0.476 e. The van der Waals surface area contributed by atoms with E-state index in [1.165, 1.54) is 12.5 Å². The van der Waals surface area contributed by atoms with Gasteiger partial charge in [0.1, 0.15) is 6.61 Å². The Balaban J connectivity index is 2.26. The topological polar surface area (TPSA) is 93.5 Å². The highest BCUT2D eigenvalue weighted by Crippen LogP contribution is 2.05. The zero-order chi connectivity index (χ0) is 14.5. The van der Waals surface area contributed by atoms with Crippen LogP contribution in [0.4, 0.5) is 0 Å². The number of hydrogen-bond donors (Lipinski definition) is 2. The van der Waals surface area contributed by atoms with Gasteiger partial charge < -0.3 is 19.7 Å². The number of aromatic nitrogens is 2. The van der Waals surface area contributed by atoms with Gasteiger partial charge in [-0.05, 0) is 20.8 Å². The molecular formula is C12H19N3O4. The lowest BCUT2D eigenvalue weighted by atomic mass is 10.2. The fourth-order valence-corrected chi connectivity index (χ4v) is 1.25. The van der Waals surface area contributed by atoms with E-state index >= 15 is 0 Å². The molecule has 0 fully saturated rings. The van der Waals surface area contributed by atoms with Crippen LogP contribution in [-0.2, 0) is 16.1 Å². The summed E-state index contributed by atoms with van der Waals surface area (Å²) in [6, 6.07) is 0. The highest BCUT2D eigenvalue weighted by atomic mass is 16.5. The minimum Gasteiger partial charge on any atom is -0.476 e. The fourth-order valence-electron chi connectivity index (χ4n) is 1.25. The van der Waals surface area contributed by atoms with Gasteiger partial charge in [-0.15, -0.1) is 0 Å². The molecule has 1 rings (SSSR count). The van der Waals surface area contributed by atoms with Crippen molar-refractivity contribution in [1.29, 1.82) is 0 Å². The van der Waals surface area contributed by atoms with Gasteiger partial charge in [0.2, 0.25) is 5.91 Å². The maximum Gasteiger partial charge on any atom is 0.356 e. The Morgan fingerprint density at radius 1 is 1.47 bits per heavy atom. The number of carbonyl (C=O) groups is 2. The number of carboxylic acids is 1. The third-order valence-electron chi connectivity index (χ3n) is 2.18. The molecule has 19 heavy (non-hydrogen) atoms. The highest BCUT2D eigenvalue weighted by molar-refractivity contribution is 5.84. The summed E-state index contributed by atoms with van der Waals surface area (Å²) in [6.45, 7) is 6.48. The molecule has 1 amide bonds. The molecule has 0 bridgehead atoms. The molecule has 0 aliphatic carbocycles. The van der Waals surface area contributed by atoms with Crippen molar-refractivity contribution in [3.05, 3.63) is 18.2 Å². The van der Waals surface area contributed by atoms with E-state index < -0.39 is 5.97 Å². The molecule has 0 unspecified atom stereocenters. The summed E-state index contributed by atoms with van der Waals surface area (Å²) in [4.78, 5) is 25.8. The predicted molar refractivity (Wildman–Crippen MR) is 67.9 cm³/mol. The van der Waals surface area contributed by atoms with Crippen LogP contribution < -0.4 is 5.32 Å². The van der Waals surface area contributed by atoms with Gasteiger partial charge in [-0.3, -0.25) is 4.79 Å². The van der Waals surface area contributed by atoms with Crippen LogP contribution in [0.25, 0.3) is 0 Å². The number of hydrogen-bond acceptors (Lipinski definition) is 4. The molecule has 0 atom stereocenters. The van der Waals surface area contributed by atoms with E-state index in [9.17, 15) is 9.59 Å². The number of rotatable bonds is 6. The number of ether oxygens (including phenoxy) is 1. The van der Waals surface area contributed by atoms with Gasteiger partial charge in [-0.25, -0.2) is 9.78 Å². The molecule has 7 nitrogen and oxygen atoms in total. The summed E-state index contributed by atoms with van der Waals surface area (Å²) in [5.41, 5.74) is -0.361. The fraction of sp³-hybridized carbons (Fsp3) is 0.583. The molecule has 106 valence electrons. The first kappa shape index (κ1) is 15.2.